The summed E-state index contributed by atoms with van der Waals surface area (Å²) < 4.78 is 25.2. The molecule has 1 aliphatic heterocycles. The molecule has 31 heavy (non-hydrogen) atoms. The van der Waals surface area contributed by atoms with Gasteiger partial charge in [-0.25, -0.2) is 4.39 Å². The van der Waals surface area contributed by atoms with Crippen molar-refractivity contribution < 1.29 is 18.7 Å². The van der Waals surface area contributed by atoms with Gasteiger partial charge in [0.15, 0.2) is 0 Å². The molecule has 4 rings (SSSR count). The topological polar surface area (TPSA) is 42.0 Å². The zero-order valence-electron chi connectivity index (χ0n) is 18.5. The lowest BCUT2D eigenvalue weighted by Gasteiger charge is -2.40. The Balaban J connectivity index is 1.36. The largest absolute Gasteiger partial charge is 0.489 e. The third kappa shape index (κ3) is 4.75. The lowest BCUT2D eigenvalue weighted by Crippen LogP contribution is -2.47. The average molecular weight is 427 g/mol. The number of fused-ring (bicyclic) bond motifs is 1. The maximum atomic E-state index is 13.7. The van der Waals surface area contributed by atoms with Crippen LogP contribution in [-0.2, 0) is 11.3 Å². The minimum Gasteiger partial charge on any atom is -0.489 e. The molecule has 4 atom stereocenters. The lowest BCUT2D eigenvalue weighted by molar-refractivity contribution is -0.0209. The number of hydrogen-bond donors (Lipinski definition) is 0. The summed E-state index contributed by atoms with van der Waals surface area (Å²) >= 11 is 0. The van der Waals surface area contributed by atoms with E-state index in [1.165, 1.54) is 6.07 Å². The van der Waals surface area contributed by atoms with E-state index in [1.807, 2.05) is 4.90 Å². The molecule has 2 aromatic carbocycles. The maximum absolute atomic E-state index is 13.7. The minimum absolute atomic E-state index is 0.0606. The predicted octanol–water partition coefficient (Wildman–Crippen LogP) is 3.83. The van der Waals surface area contributed by atoms with E-state index < -0.39 is 0 Å². The maximum Gasteiger partial charge on any atom is 0.253 e. The Kier molecular flexibility index (Phi) is 6.58. The number of carbonyl (C=O) groups is 1. The highest BCUT2D eigenvalue weighted by atomic mass is 19.1. The van der Waals surface area contributed by atoms with E-state index >= 15 is 0 Å². The van der Waals surface area contributed by atoms with Gasteiger partial charge in [0.05, 0.1) is 6.10 Å². The van der Waals surface area contributed by atoms with Gasteiger partial charge in [0.2, 0.25) is 0 Å². The van der Waals surface area contributed by atoms with Crippen LogP contribution in [0.4, 0.5) is 4.39 Å². The fraction of sp³-hybridized carbons (Fsp3) is 0.480. The number of carbonyl (C=O) groups excluding carboxylic acids is 1. The molecule has 1 heterocycles. The summed E-state index contributed by atoms with van der Waals surface area (Å²) in [7, 11) is 5.99. The zero-order chi connectivity index (χ0) is 22.0. The Bertz CT molecular complexity index is 902. The number of rotatable bonds is 6. The number of methoxy groups -OCH3 is 1. The highest BCUT2D eigenvalue weighted by molar-refractivity contribution is 5.94. The molecule has 0 N–H and O–H groups in total. The van der Waals surface area contributed by atoms with Gasteiger partial charge in [-0.05, 0) is 69.1 Å². The second kappa shape index (κ2) is 9.37. The van der Waals surface area contributed by atoms with Gasteiger partial charge in [0.1, 0.15) is 18.2 Å². The second-order valence-electron chi connectivity index (χ2n) is 8.91. The van der Waals surface area contributed by atoms with E-state index in [9.17, 15) is 9.18 Å². The van der Waals surface area contributed by atoms with Gasteiger partial charge >= 0.3 is 0 Å². The van der Waals surface area contributed by atoms with Crippen LogP contribution in [0.1, 0.15) is 28.8 Å². The molecule has 0 spiro atoms. The zero-order valence-corrected chi connectivity index (χ0v) is 18.5. The average Bonchev–Trinajstić information content (AvgIpc) is 3.20. The van der Waals surface area contributed by atoms with Crippen molar-refractivity contribution in [3.63, 3.8) is 0 Å². The first kappa shape index (κ1) is 21.8. The van der Waals surface area contributed by atoms with Crippen LogP contribution >= 0.6 is 0 Å². The summed E-state index contributed by atoms with van der Waals surface area (Å²) in [4.78, 5) is 17.3. The van der Waals surface area contributed by atoms with E-state index in [0.29, 0.717) is 34.8 Å². The standard InChI is InChI=1S/C25H31FN2O3/c1-27(2)23-12-19-14-28(15-20(19)13-24(23)30-3)25(29)17-8-10-21(11-9-17)31-16-18-6-4-5-7-22(18)26/h4-11,19-20,23-24H,12-16H2,1-3H3/t19-,20+,23-,24-/m1/s1. The van der Waals surface area contributed by atoms with Crippen molar-refractivity contribution in [2.45, 2.75) is 31.6 Å². The third-order valence-corrected chi connectivity index (χ3v) is 6.79. The molecule has 2 aliphatic rings. The molecule has 0 radical (unpaired) electrons. The van der Waals surface area contributed by atoms with Gasteiger partial charge in [0.25, 0.3) is 5.91 Å². The van der Waals surface area contributed by atoms with Crippen LogP contribution in [0.3, 0.4) is 0 Å². The highest BCUT2D eigenvalue weighted by Crippen LogP contribution is 2.39. The summed E-state index contributed by atoms with van der Waals surface area (Å²) in [6, 6.07) is 14.1. The Morgan fingerprint density at radius 1 is 1.06 bits per heavy atom. The van der Waals surface area contributed by atoms with Crippen LogP contribution < -0.4 is 4.74 Å². The van der Waals surface area contributed by atoms with Crippen molar-refractivity contribution in [3.05, 3.63) is 65.5 Å². The molecule has 2 fully saturated rings. The van der Waals surface area contributed by atoms with Crippen LogP contribution in [0.15, 0.2) is 48.5 Å². The molecule has 1 saturated carbocycles. The van der Waals surface area contributed by atoms with Crippen molar-refractivity contribution in [1.82, 2.24) is 9.80 Å². The van der Waals surface area contributed by atoms with Crippen LogP contribution in [-0.4, -0.2) is 62.1 Å². The van der Waals surface area contributed by atoms with Gasteiger partial charge in [-0.15, -0.1) is 0 Å². The van der Waals surface area contributed by atoms with Gasteiger partial charge in [-0.3, -0.25) is 4.79 Å². The highest BCUT2D eigenvalue weighted by Gasteiger charge is 2.44. The SMILES string of the molecule is CO[C@@H]1C[C@H]2CN(C(=O)c3ccc(OCc4ccccc4F)cc3)C[C@H]2C[C@H]1N(C)C. The first-order chi connectivity index (χ1) is 15.0. The molecule has 0 aromatic heterocycles. The summed E-state index contributed by atoms with van der Waals surface area (Å²) in [6.07, 6.45) is 2.27. The summed E-state index contributed by atoms with van der Waals surface area (Å²) in [5.41, 5.74) is 1.16. The molecule has 1 amide bonds. The van der Waals surface area contributed by atoms with Crippen LogP contribution in [0.5, 0.6) is 5.75 Å². The van der Waals surface area contributed by atoms with Crippen molar-refractivity contribution in [2.75, 3.05) is 34.3 Å². The summed E-state index contributed by atoms with van der Waals surface area (Å²) in [5.74, 6) is 1.41. The number of hydrogen-bond acceptors (Lipinski definition) is 4. The molecular formula is C25H31FN2O3. The lowest BCUT2D eigenvalue weighted by atomic mass is 9.77. The first-order valence-corrected chi connectivity index (χ1v) is 10.9. The molecule has 0 unspecified atom stereocenters. The molecule has 6 heteroatoms. The van der Waals surface area contributed by atoms with E-state index in [2.05, 4.69) is 19.0 Å². The second-order valence-corrected chi connectivity index (χ2v) is 8.91. The molecular weight excluding hydrogens is 395 g/mol. The van der Waals surface area contributed by atoms with Gasteiger partial charge in [-0.2, -0.15) is 0 Å². The number of nitrogens with zero attached hydrogens (tertiary/aromatic N) is 2. The number of benzene rings is 2. The third-order valence-electron chi connectivity index (χ3n) is 6.79. The van der Waals surface area contributed by atoms with Crippen LogP contribution in [0, 0.1) is 17.7 Å². The van der Waals surface area contributed by atoms with E-state index in [0.717, 1.165) is 25.9 Å². The van der Waals surface area contributed by atoms with Crippen LogP contribution in [0.2, 0.25) is 0 Å². The fourth-order valence-electron chi connectivity index (χ4n) is 5.01. The van der Waals surface area contributed by atoms with E-state index in [-0.39, 0.29) is 24.4 Å². The number of likely N-dealkylation sites (tertiary alicyclic amines) is 1. The van der Waals surface area contributed by atoms with Crippen molar-refractivity contribution in [3.8, 4) is 5.75 Å². The molecule has 166 valence electrons. The van der Waals surface area contributed by atoms with Crippen molar-refractivity contribution in [1.29, 1.82) is 0 Å². The minimum atomic E-state index is -0.281. The normalized spacial score (nSPS) is 25.5. The van der Waals surface area contributed by atoms with Crippen molar-refractivity contribution >= 4 is 5.91 Å². The van der Waals surface area contributed by atoms with Gasteiger partial charge in [-0.1, -0.05) is 18.2 Å². The molecule has 1 aliphatic carbocycles. The Morgan fingerprint density at radius 2 is 1.74 bits per heavy atom. The molecule has 1 saturated heterocycles. The molecule has 0 bridgehead atoms. The molecule has 2 aromatic rings. The predicted molar refractivity (Wildman–Crippen MR) is 118 cm³/mol. The Labute approximate surface area is 183 Å². The Morgan fingerprint density at radius 3 is 2.39 bits per heavy atom. The first-order valence-electron chi connectivity index (χ1n) is 10.9. The van der Waals surface area contributed by atoms with E-state index in [4.69, 9.17) is 9.47 Å². The fourth-order valence-corrected chi connectivity index (χ4v) is 5.01. The quantitative estimate of drug-likeness (QED) is 0.704. The van der Waals surface area contributed by atoms with Gasteiger partial charge < -0.3 is 19.3 Å². The van der Waals surface area contributed by atoms with Crippen molar-refractivity contribution in [2.24, 2.45) is 11.8 Å². The number of halogens is 1. The monoisotopic (exact) mass is 426 g/mol. The summed E-state index contributed by atoms with van der Waals surface area (Å²) in [6.45, 7) is 1.74. The molecule has 5 nitrogen and oxygen atoms in total. The number of amides is 1. The summed E-state index contributed by atoms with van der Waals surface area (Å²) in [5, 5.41) is 0. The Hall–Kier alpha value is -2.44. The number of likely N-dealkylation sites (N-methyl/N-ethyl adjacent to an activating group) is 1. The van der Waals surface area contributed by atoms with E-state index in [1.54, 1.807) is 49.6 Å². The van der Waals surface area contributed by atoms with Gasteiger partial charge in [0, 0.05) is 37.4 Å². The smallest absolute Gasteiger partial charge is 0.253 e. The number of ether oxygens (including phenoxy) is 2. The van der Waals surface area contributed by atoms with Crippen LogP contribution in [0.25, 0.3) is 0 Å².